The Bertz CT molecular complexity index is 499. The zero-order chi connectivity index (χ0) is 13.9. The lowest BCUT2D eigenvalue weighted by molar-refractivity contribution is 0.0382. The zero-order valence-electron chi connectivity index (χ0n) is 10.3. The van der Waals surface area contributed by atoms with Gasteiger partial charge in [0.25, 0.3) is 5.56 Å². The number of aliphatic hydroxyl groups is 2. The highest BCUT2D eigenvalue weighted by Crippen LogP contribution is 2.21. The van der Waals surface area contributed by atoms with Gasteiger partial charge in [-0.25, -0.2) is 4.68 Å². The molecule has 106 valence electrons. The van der Waals surface area contributed by atoms with Crippen molar-refractivity contribution in [1.82, 2.24) is 9.78 Å². The molecule has 2 heterocycles. The van der Waals surface area contributed by atoms with Gasteiger partial charge in [0.15, 0.2) is 0 Å². The Kier molecular flexibility index (Phi) is 4.41. The van der Waals surface area contributed by atoms with E-state index in [1.807, 2.05) is 0 Å². The first-order chi connectivity index (χ1) is 9.06. The molecule has 1 aliphatic heterocycles. The summed E-state index contributed by atoms with van der Waals surface area (Å²) in [6.07, 6.45) is 1.94. The van der Waals surface area contributed by atoms with E-state index in [1.54, 1.807) is 0 Å². The topological polar surface area (TPSA) is 96.6 Å². The van der Waals surface area contributed by atoms with Gasteiger partial charge in [-0.15, -0.1) is 0 Å². The molecule has 1 fully saturated rings. The van der Waals surface area contributed by atoms with Crippen LogP contribution in [0.25, 0.3) is 0 Å². The minimum atomic E-state index is -0.941. The molecule has 0 saturated carbocycles. The van der Waals surface area contributed by atoms with Crippen LogP contribution in [0.3, 0.4) is 0 Å². The fourth-order valence-electron chi connectivity index (χ4n) is 1.84. The Morgan fingerprint density at radius 1 is 1.63 bits per heavy atom. The molecule has 0 aromatic carbocycles. The van der Waals surface area contributed by atoms with Crippen LogP contribution in [0.15, 0.2) is 11.0 Å². The average Bonchev–Trinajstić information content (AvgIpc) is 2.82. The fourth-order valence-corrected chi connectivity index (χ4v) is 2.05. The molecular formula is C11H16ClN3O4. The first-order valence-electron chi connectivity index (χ1n) is 5.96. The summed E-state index contributed by atoms with van der Waals surface area (Å²) >= 11 is 5.93. The van der Waals surface area contributed by atoms with Gasteiger partial charge in [-0.3, -0.25) is 4.79 Å². The van der Waals surface area contributed by atoms with E-state index in [2.05, 4.69) is 10.4 Å². The van der Waals surface area contributed by atoms with Crippen molar-refractivity contribution in [2.75, 3.05) is 31.7 Å². The Balaban J connectivity index is 2.09. The Hall–Kier alpha value is -1.15. The molecule has 1 unspecified atom stereocenters. The number of nitrogens with zero attached hydrogens (tertiary/aromatic N) is 2. The van der Waals surface area contributed by atoms with Crippen LogP contribution < -0.4 is 10.9 Å². The molecule has 1 aromatic rings. The summed E-state index contributed by atoms with van der Waals surface area (Å²) in [6.45, 7) is 0.913. The average molecular weight is 290 g/mol. The van der Waals surface area contributed by atoms with Crippen LogP contribution in [0.5, 0.6) is 0 Å². The highest BCUT2D eigenvalue weighted by atomic mass is 35.5. The van der Waals surface area contributed by atoms with Crippen molar-refractivity contribution in [2.45, 2.75) is 18.6 Å². The maximum atomic E-state index is 11.8. The van der Waals surface area contributed by atoms with Gasteiger partial charge in [0, 0.05) is 19.6 Å². The lowest BCUT2D eigenvalue weighted by Gasteiger charge is -2.21. The van der Waals surface area contributed by atoms with Gasteiger partial charge in [-0.2, -0.15) is 5.10 Å². The number of hydrogen-bond acceptors (Lipinski definition) is 6. The number of halogens is 1. The van der Waals surface area contributed by atoms with Gasteiger partial charge in [0.2, 0.25) is 0 Å². The first kappa shape index (κ1) is 14.3. The number of rotatable bonds is 5. The van der Waals surface area contributed by atoms with Crippen molar-refractivity contribution in [1.29, 1.82) is 0 Å². The van der Waals surface area contributed by atoms with Gasteiger partial charge in [0.05, 0.1) is 31.6 Å². The van der Waals surface area contributed by atoms with Gasteiger partial charge in [0.1, 0.15) is 10.6 Å². The van der Waals surface area contributed by atoms with Gasteiger partial charge in [-0.1, -0.05) is 11.6 Å². The van der Waals surface area contributed by atoms with Gasteiger partial charge >= 0.3 is 0 Å². The fraction of sp³-hybridized carbons (Fsp3) is 0.636. The van der Waals surface area contributed by atoms with E-state index in [0.717, 1.165) is 4.68 Å². The molecule has 2 rings (SSSR count). The smallest absolute Gasteiger partial charge is 0.287 e. The predicted molar refractivity (Wildman–Crippen MR) is 69.5 cm³/mol. The zero-order valence-corrected chi connectivity index (χ0v) is 11.1. The van der Waals surface area contributed by atoms with E-state index in [9.17, 15) is 9.90 Å². The molecule has 3 N–H and O–H groups in total. The summed E-state index contributed by atoms with van der Waals surface area (Å²) in [7, 11) is 0. The third kappa shape index (κ3) is 3.24. The molecule has 1 saturated heterocycles. The standard InChI is InChI=1S/C11H16ClN3O4/c12-9-8(5-14-15(2-3-16)10(9)17)13-6-11(18)1-4-19-7-11/h5,13,16,18H,1-4,6-7H2. The molecule has 0 aliphatic carbocycles. The van der Waals surface area contributed by atoms with E-state index >= 15 is 0 Å². The number of aliphatic hydroxyl groups excluding tert-OH is 1. The molecule has 0 radical (unpaired) electrons. The van der Waals surface area contributed by atoms with Crippen molar-refractivity contribution in [3.05, 3.63) is 21.6 Å². The second-order valence-electron chi connectivity index (χ2n) is 4.50. The molecule has 7 nitrogen and oxygen atoms in total. The molecule has 19 heavy (non-hydrogen) atoms. The van der Waals surface area contributed by atoms with Crippen LogP contribution in [-0.2, 0) is 11.3 Å². The summed E-state index contributed by atoms with van der Waals surface area (Å²) < 4.78 is 6.21. The number of hydrogen-bond donors (Lipinski definition) is 3. The minimum Gasteiger partial charge on any atom is -0.394 e. The van der Waals surface area contributed by atoms with E-state index < -0.39 is 11.2 Å². The highest BCUT2D eigenvalue weighted by Gasteiger charge is 2.32. The molecule has 1 aromatic heterocycles. The van der Waals surface area contributed by atoms with Crippen molar-refractivity contribution in [3.8, 4) is 0 Å². The quantitative estimate of drug-likeness (QED) is 0.673. The summed E-state index contributed by atoms with van der Waals surface area (Å²) in [6, 6.07) is 0. The summed E-state index contributed by atoms with van der Waals surface area (Å²) in [4.78, 5) is 11.8. The summed E-state index contributed by atoms with van der Waals surface area (Å²) in [5, 5.41) is 25.6. The molecule has 1 aliphatic rings. The lowest BCUT2D eigenvalue weighted by Crippen LogP contribution is -2.37. The van der Waals surface area contributed by atoms with E-state index in [1.165, 1.54) is 6.20 Å². The maximum absolute atomic E-state index is 11.8. The second-order valence-corrected chi connectivity index (χ2v) is 4.88. The second kappa shape index (κ2) is 5.87. The molecule has 0 spiro atoms. The normalized spacial score (nSPS) is 22.7. The van der Waals surface area contributed by atoms with E-state index in [4.69, 9.17) is 21.4 Å². The number of nitrogens with one attached hydrogen (secondary N) is 1. The molecular weight excluding hydrogens is 274 g/mol. The monoisotopic (exact) mass is 289 g/mol. The summed E-state index contributed by atoms with van der Waals surface area (Å²) in [5.74, 6) is 0. The predicted octanol–water partition coefficient (Wildman–Crippen LogP) is -0.548. The van der Waals surface area contributed by atoms with Crippen LogP contribution >= 0.6 is 11.6 Å². The molecule has 0 amide bonds. The highest BCUT2D eigenvalue weighted by molar-refractivity contribution is 6.32. The SMILES string of the molecule is O=c1c(Cl)c(NCC2(O)CCOC2)cnn1CCO. The molecule has 0 bridgehead atoms. The first-order valence-corrected chi connectivity index (χ1v) is 6.34. The Labute approximate surface area is 114 Å². The summed E-state index contributed by atoms with van der Waals surface area (Å²) in [5.41, 5.74) is -1.06. The van der Waals surface area contributed by atoms with Crippen molar-refractivity contribution in [2.24, 2.45) is 0 Å². The van der Waals surface area contributed by atoms with Crippen molar-refractivity contribution >= 4 is 17.3 Å². The van der Waals surface area contributed by atoms with E-state index in [0.29, 0.717) is 18.7 Å². The third-order valence-corrected chi connectivity index (χ3v) is 3.35. The van der Waals surface area contributed by atoms with Gasteiger partial charge < -0.3 is 20.3 Å². The minimum absolute atomic E-state index is 0.00837. The largest absolute Gasteiger partial charge is 0.394 e. The lowest BCUT2D eigenvalue weighted by atomic mass is 10.0. The van der Waals surface area contributed by atoms with Crippen LogP contribution in [0.4, 0.5) is 5.69 Å². The Morgan fingerprint density at radius 3 is 3.05 bits per heavy atom. The maximum Gasteiger partial charge on any atom is 0.287 e. The number of anilines is 1. The van der Waals surface area contributed by atoms with Crippen LogP contribution in [0, 0.1) is 0 Å². The van der Waals surface area contributed by atoms with E-state index in [-0.39, 0.29) is 31.3 Å². The van der Waals surface area contributed by atoms with Crippen LogP contribution in [-0.4, -0.2) is 52.0 Å². The Morgan fingerprint density at radius 2 is 2.42 bits per heavy atom. The number of aromatic nitrogens is 2. The van der Waals surface area contributed by atoms with Gasteiger partial charge in [-0.05, 0) is 0 Å². The van der Waals surface area contributed by atoms with Crippen LogP contribution in [0.1, 0.15) is 6.42 Å². The molecule has 8 heteroatoms. The van der Waals surface area contributed by atoms with Crippen LogP contribution in [0.2, 0.25) is 5.02 Å². The third-order valence-electron chi connectivity index (χ3n) is 2.99. The van der Waals surface area contributed by atoms with Crippen molar-refractivity contribution < 1.29 is 14.9 Å². The van der Waals surface area contributed by atoms with Crippen molar-refractivity contribution in [3.63, 3.8) is 0 Å². The number of ether oxygens (including phenoxy) is 1. The molecule has 1 atom stereocenters.